The molecule has 0 spiro atoms. The lowest BCUT2D eigenvalue weighted by atomic mass is 10.1. The van der Waals surface area contributed by atoms with Crippen LogP contribution < -0.4 is 0 Å². The van der Waals surface area contributed by atoms with E-state index in [-0.39, 0.29) is 11.6 Å². The molecule has 0 radical (unpaired) electrons. The summed E-state index contributed by atoms with van der Waals surface area (Å²) >= 11 is 4.74. The Labute approximate surface area is 124 Å². The Morgan fingerprint density at radius 3 is 2.68 bits per heavy atom. The number of ketones is 1. The van der Waals surface area contributed by atoms with E-state index in [4.69, 9.17) is 0 Å². The average molecular weight is 339 g/mol. The van der Waals surface area contributed by atoms with Crippen molar-refractivity contribution in [3.63, 3.8) is 0 Å². The maximum absolute atomic E-state index is 13.0. The summed E-state index contributed by atoms with van der Waals surface area (Å²) in [4.78, 5) is 12.6. The summed E-state index contributed by atoms with van der Waals surface area (Å²) in [7, 11) is 0. The lowest BCUT2D eigenvalue weighted by Gasteiger charge is -2.03. The molecule has 2 aromatic carbocycles. The van der Waals surface area contributed by atoms with Gasteiger partial charge in [0.25, 0.3) is 0 Å². The van der Waals surface area contributed by atoms with Crippen molar-refractivity contribution in [2.45, 2.75) is 11.3 Å². The van der Waals surface area contributed by atoms with Crippen LogP contribution in [0.4, 0.5) is 4.39 Å². The number of Topliss-reactive ketones (excluding diaryl/α,β-unsaturated/α-hetero) is 1. The largest absolute Gasteiger partial charge is 0.298 e. The Morgan fingerprint density at radius 1 is 1.16 bits per heavy atom. The van der Waals surface area contributed by atoms with Crippen LogP contribution in [0.3, 0.4) is 0 Å². The van der Waals surface area contributed by atoms with E-state index >= 15 is 0 Å². The molecule has 0 saturated heterocycles. The fourth-order valence-corrected chi connectivity index (χ4v) is 2.89. The molecule has 2 rings (SSSR count). The van der Waals surface area contributed by atoms with Crippen LogP contribution >= 0.6 is 27.7 Å². The zero-order valence-electron chi connectivity index (χ0n) is 10.1. The summed E-state index contributed by atoms with van der Waals surface area (Å²) < 4.78 is 13.9. The van der Waals surface area contributed by atoms with Crippen molar-refractivity contribution in [3.8, 4) is 0 Å². The maximum Gasteiger partial charge on any atom is 0.147 e. The first kappa shape index (κ1) is 14.3. The second-order valence-electron chi connectivity index (χ2n) is 4.09. The number of hydrogen-bond acceptors (Lipinski definition) is 2. The molecule has 2 aromatic rings. The summed E-state index contributed by atoms with van der Waals surface area (Å²) in [6, 6.07) is 14.0. The van der Waals surface area contributed by atoms with Crippen LogP contribution in [-0.4, -0.2) is 11.5 Å². The van der Waals surface area contributed by atoms with Gasteiger partial charge in [0.2, 0.25) is 0 Å². The van der Waals surface area contributed by atoms with Crippen LogP contribution in [0.15, 0.2) is 57.9 Å². The normalized spacial score (nSPS) is 10.4. The van der Waals surface area contributed by atoms with Crippen molar-refractivity contribution in [2.75, 3.05) is 5.75 Å². The molecule has 0 unspecified atom stereocenters. The van der Waals surface area contributed by atoms with Crippen molar-refractivity contribution < 1.29 is 9.18 Å². The lowest BCUT2D eigenvalue weighted by Crippen LogP contribution is -2.05. The number of rotatable bonds is 5. The highest BCUT2D eigenvalue weighted by molar-refractivity contribution is 9.10. The summed E-state index contributed by atoms with van der Waals surface area (Å²) in [5, 5.41) is 0. The van der Waals surface area contributed by atoms with Crippen LogP contribution in [0, 0.1) is 5.82 Å². The molecular formula is C15H12BrFOS. The maximum atomic E-state index is 13.0. The average Bonchev–Trinajstić information content (AvgIpc) is 2.36. The Kier molecular flexibility index (Phi) is 5.16. The monoisotopic (exact) mass is 338 g/mol. The Bertz CT molecular complexity index is 586. The van der Waals surface area contributed by atoms with Crippen molar-refractivity contribution >= 4 is 33.5 Å². The molecule has 0 amide bonds. The van der Waals surface area contributed by atoms with E-state index < -0.39 is 0 Å². The predicted octanol–water partition coefficient (Wildman–Crippen LogP) is 4.49. The van der Waals surface area contributed by atoms with Gasteiger partial charge in [0.05, 0.1) is 5.75 Å². The Morgan fingerprint density at radius 2 is 1.95 bits per heavy atom. The SMILES string of the molecule is O=C(CSc1cccc(F)c1)Cc1cccc(Br)c1. The second-order valence-corrected chi connectivity index (χ2v) is 6.06. The van der Waals surface area contributed by atoms with Gasteiger partial charge in [-0.1, -0.05) is 34.1 Å². The van der Waals surface area contributed by atoms with Crippen LogP contribution in [0.5, 0.6) is 0 Å². The highest BCUT2D eigenvalue weighted by Gasteiger charge is 2.06. The molecule has 0 aliphatic heterocycles. The van der Waals surface area contributed by atoms with E-state index in [0.29, 0.717) is 12.2 Å². The molecule has 1 nitrogen and oxygen atoms in total. The van der Waals surface area contributed by atoms with Gasteiger partial charge in [0, 0.05) is 15.8 Å². The van der Waals surface area contributed by atoms with Gasteiger partial charge in [0.15, 0.2) is 0 Å². The van der Waals surface area contributed by atoms with Gasteiger partial charge in [-0.25, -0.2) is 4.39 Å². The molecular weight excluding hydrogens is 327 g/mol. The van der Waals surface area contributed by atoms with Gasteiger partial charge in [0.1, 0.15) is 11.6 Å². The molecule has 0 aromatic heterocycles. The molecule has 4 heteroatoms. The highest BCUT2D eigenvalue weighted by Crippen LogP contribution is 2.19. The predicted molar refractivity (Wildman–Crippen MR) is 80.0 cm³/mol. The minimum atomic E-state index is -0.274. The topological polar surface area (TPSA) is 17.1 Å². The van der Waals surface area contributed by atoms with E-state index in [1.165, 1.54) is 23.9 Å². The molecule has 0 aliphatic rings. The molecule has 0 heterocycles. The molecule has 0 fully saturated rings. The molecule has 0 saturated carbocycles. The highest BCUT2D eigenvalue weighted by atomic mass is 79.9. The zero-order chi connectivity index (χ0) is 13.7. The molecule has 0 N–H and O–H groups in total. The van der Waals surface area contributed by atoms with E-state index in [1.807, 2.05) is 24.3 Å². The number of thioether (sulfide) groups is 1. The van der Waals surface area contributed by atoms with Gasteiger partial charge in [-0.3, -0.25) is 4.79 Å². The standard InChI is InChI=1S/C15H12BrFOS/c16-12-4-1-3-11(7-12)8-14(18)10-19-15-6-2-5-13(17)9-15/h1-7,9H,8,10H2. The number of benzene rings is 2. The zero-order valence-corrected chi connectivity index (χ0v) is 12.5. The van der Waals surface area contributed by atoms with E-state index in [0.717, 1.165) is 14.9 Å². The Balaban J connectivity index is 1.88. The Hall–Kier alpha value is -1.13. The van der Waals surface area contributed by atoms with Crippen molar-refractivity contribution in [3.05, 3.63) is 64.4 Å². The molecule has 0 aliphatic carbocycles. The van der Waals surface area contributed by atoms with Crippen LogP contribution in [-0.2, 0) is 11.2 Å². The van der Waals surface area contributed by atoms with Gasteiger partial charge in [-0.2, -0.15) is 0 Å². The fourth-order valence-electron chi connectivity index (χ4n) is 1.65. The lowest BCUT2D eigenvalue weighted by molar-refractivity contribution is -0.116. The van der Waals surface area contributed by atoms with Crippen molar-refractivity contribution in [1.29, 1.82) is 0 Å². The smallest absolute Gasteiger partial charge is 0.147 e. The third kappa shape index (κ3) is 4.80. The number of hydrogen-bond donors (Lipinski definition) is 0. The van der Waals surface area contributed by atoms with Gasteiger partial charge >= 0.3 is 0 Å². The molecule has 98 valence electrons. The number of carbonyl (C=O) groups excluding carboxylic acids is 1. The van der Waals surface area contributed by atoms with Gasteiger partial charge in [-0.15, -0.1) is 11.8 Å². The summed E-state index contributed by atoms with van der Waals surface area (Å²) in [6.45, 7) is 0. The minimum Gasteiger partial charge on any atom is -0.298 e. The third-order valence-electron chi connectivity index (χ3n) is 2.49. The first-order valence-electron chi connectivity index (χ1n) is 5.78. The van der Waals surface area contributed by atoms with Gasteiger partial charge < -0.3 is 0 Å². The molecule has 0 atom stereocenters. The van der Waals surface area contributed by atoms with E-state index in [9.17, 15) is 9.18 Å². The van der Waals surface area contributed by atoms with Crippen molar-refractivity contribution in [2.24, 2.45) is 0 Å². The minimum absolute atomic E-state index is 0.132. The first-order valence-corrected chi connectivity index (χ1v) is 7.56. The summed E-state index contributed by atoms with van der Waals surface area (Å²) in [5.41, 5.74) is 0.985. The molecule has 0 bridgehead atoms. The third-order valence-corrected chi connectivity index (χ3v) is 4.03. The van der Waals surface area contributed by atoms with Crippen LogP contribution in [0.1, 0.15) is 5.56 Å². The van der Waals surface area contributed by atoms with Crippen molar-refractivity contribution in [1.82, 2.24) is 0 Å². The molecule has 19 heavy (non-hydrogen) atoms. The van der Waals surface area contributed by atoms with E-state index in [1.54, 1.807) is 12.1 Å². The quantitative estimate of drug-likeness (QED) is 0.747. The summed E-state index contributed by atoms with van der Waals surface area (Å²) in [6.07, 6.45) is 0.405. The van der Waals surface area contributed by atoms with Crippen LogP contribution in [0.25, 0.3) is 0 Å². The van der Waals surface area contributed by atoms with Crippen LogP contribution in [0.2, 0.25) is 0 Å². The second kappa shape index (κ2) is 6.87. The van der Waals surface area contributed by atoms with E-state index in [2.05, 4.69) is 15.9 Å². The first-order chi connectivity index (χ1) is 9.13. The fraction of sp³-hybridized carbons (Fsp3) is 0.133. The number of halogens is 2. The summed E-state index contributed by atoms with van der Waals surface area (Å²) in [5.74, 6) is 0.215. The van der Waals surface area contributed by atoms with Gasteiger partial charge in [-0.05, 0) is 35.9 Å². The number of carbonyl (C=O) groups is 1.